The van der Waals surface area contributed by atoms with Crippen LogP contribution < -0.4 is 0 Å². The Kier molecular flexibility index (Phi) is 31.8. The van der Waals surface area contributed by atoms with Gasteiger partial charge in [-0.15, -0.1) is 0 Å². The third kappa shape index (κ3) is 36.2. The van der Waals surface area contributed by atoms with Gasteiger partial charge in [0.15, 0.2) is 12.2 Å². The van der Waals surface area contributed by atoms with Gasteiger partial charge in [0.1, 0.15) is 11.6 Å². The highest BCUT2D eigenvalue weighted by atomic mass is 32.2. The van der Waals surface area contributed by atoms with Crippen LogP contribution in [0.5, 0.6) is 0 Å². The third-order valence-electron chi connectivity index (χ3n) is 3.70. The summed E-state index contributed by atoms with van der Waals surface area (Å²) in [6, 6.07) is 0. The lowest BCUT2D eigenvalue weighted by molar-refractivity contribution is -0.162. The lowest BCUT2D eigenvalue weighted by Crippen LogP contribution is -2.26. The number of ketones is 2. The van der Waals surface area contributed by atoms with Gasteiger partial charge < -0.3 is 34.4 Å². The molecule has 0 aromatic heterocycles. The van der Waals surface area contributed by atoms with Crippen LogP contribution in [0.3, 0.4) is 0 Å². The Hall–Kier alpha value is -1.96. The molecule has 3 atom stereocenters. The SMILES string of the molecule is CC(C)=O.CCC(CC(C)=O)C(=O)OC(C)=O.CSCCC(O)C(=O)O.CSCCC(O)C(=O)OC(C)C. The van der Waals surface area contributed by atoms with Crippen LogP contribution in [0.4, 0.5) is 0 Å². The molecule has 0 spiro atoms. The van der Waals surface area contributed by atoms with Gasteiger partial charge in [-0.3, -0.25) is 9.59 Å². The van der Waals surface area contributed by atoms with E-state index in [-0.39, 0.29) is 24.1 Å². The number of aliphatic hydroxyl groups is 2. The zero-order chi connectivity index (χ0) is 30.8. The number of hydrogen-bond donors (Lipinski definition) is 3. The first kappa shape index (κ1) is 43.1. The normalized spacial score (nSPS) is 12.0. The number of Topliss-reactive ketones (excluding diaryl/α,β-unsaturated/α-hetero) is 2. The summed E-state index contributed by atoms with van der Waals surface area (Å²) in [7, 11) is 0. The molecule has 0 heterocycles. The van der Waals surface area contributed by atoms with Crippen molar-refractivity contribution in [1.82, 2.24) is 0 Å². The average Bonchev–Trinajstić information content (AvgIpc) is 2.78. The van der Waals surface area contributed by atoms with Crippen LogP contribution in [-0.4, -0.2) is 93.1 Å². The lowest BCUT2D eigenvalue weighted by atomic mass is 10.0. The van der Waals surface area contributed by atoms with Crippen molar-refractivity contribution in [3.8, 4) is 0 Å². The number of rotatable bonds is 13. The highest BCUT2D eigenvalue weighted by Crippen LogP contribution is 2.11. The number of aliphatic carboxylic acids is 1. The summed E-state index contributed by atoms with van der Waals surface area (Å²) < 4.78 is 9.18. The van der Waals surface area contributed by atoms with E-state index in [1.807, 2.05) is 12.5 Å². The summed E-state index contributed by atoms with van der Waals surface area (Å²) >= 11 is 3.12. The van der Waals surface area contributed by atoms with Crippen LogP contribution in [0, 0.1) is 5.92 Å². The Morgan fingerprint density at radius 1 is 0.789 bits per heavy atom. The molecule has 0 rings (SSSR count). The Labute approximate surface area is 234 Å². The smallest absolute Gasteiger partial charge is 0.335 e. The molecule has 0 aromatic carbocycles. The molecule has 0 aliphatic heterocycles. The minimum atomic E-state index is -1.18. The van der Waals surface area contributed by atoms with Crippen molar-refractivity contribution in [3.05, 3.63) is 0 Å². The molecular weight excluding hydrogens is 540 g/mol. The van der Waals surface area contributed by atoms with E-state index >= 15 is 0 Å². The molecule has 0 aliphatic rings. The Morgan fingerprint density at radius 2 is 1.21 bits per heavy atom. The number of aliphatic hydroxyl groups excluding tert-OH is 2. The van der Waals surface area contributed by atoms with E-state index in [1.165, 1.54) is 39.5 Å². The largest absolute Gasteiger partial charge is 0.479 e. The fourth-order valence-electron chi connectivity index (χ4n) is 1.98. The Morgan fingerprint density at radius 3 is 1.50 bits per heavy atom. The van der Waals surface area contributed by atoms with Crippen LogP contribution in [0.25, 0.3) is 0 Å². The van der Waals surface area contributed by atoms with Crippen molar-refractivity contribution < 1.29 is 53.6 Å². The zero-order valence-corrected chi connectivity index (χ0v) is 25.6. The van der Waals surface area contributed by atoms with Crippen LogP contribution >= 0.6 is 23.5 Å². The van der Waals surface area contributed by atoms with E-state index in [0.29, 0.717) is 25.0 Å². The molecule has 0 aromatic rings. The molecule has 224 valence electrons. The quantitative estimate of drug-likeness (QED) is 0.212. The number of carboxylic acid groups (broad SMARTS) is 1. The van der Waals surface area contributed by atoms with Crippen molar-refractivity contribution in [2.75, 3.05) is 24.0 Å². The molecule has 0 radical (unpaired) electrons. The molecule has 13 heteroatoms. The summed E-state index contributed by atoms with van der Waals surface area (Å²) in [5, 5.41) is 26.0. The van der Waals surface area contributed by atoms with Gasteiger partial charge in [0.2, 0.25) is 0 Å². The summed E-state index contributed by atoms with van der Waals surface area (Å²) in [6.45, 7) is 10.9. The van der Waals surface area contributed by atoms with Crippen LogP contribution in [0.1, 0.15) is 74.1 Å². The minimum Gasteiger partial charge on any atom is -0.479 e. The second-order valence-corrected chi connectivity index (χ2v) is 10.2. The maximum atomic E-state index is 11.1. The van der Waals surface area contributed by atoms with Gasteiger partial charge in [-0.05, 0) is 77.9 Å². The van der Waals surface area contributed by atoms with Gasteiger partial charge >= 0.3 is 23.9 Å². The van der Waals surface area contributed by atoms with Crippen LogP contribution in [-0.2, 0) is 38.2 Å². The number of thioether (sulfide) groups is 2. The fourth-order valence-corrected chi connectivity index (χ4v) is 2.90. The monoisotopic (exact) mass is 586 g/mol. The summed E-state index contributed by atoms with van der Waals surface area (Å²) in [4.78, 5) is 62.6. The molecule has 0 amide bonds. The van der Waals surface area contributed by atoms with E-state index in [9.17, 15) is 33.9 Å². The van der Waals surface area contributed by atoms with Crippen molar-refractivity contribution in [3.63, 3.8) is 0 Å². The Bertz CT molecular complexity index is 693. The number of carbonyl (C=O) groups excluding carboxylic acids is 5. The molecule has 0 aliphatic carbocycles. The first-order chi connectivity index (χ1) is 17.5. The summed E-state index contributed by atoms with van der Waals surface area (Å²) in [6.07, 6.45) is 2.95. The van der Waals surface area contributed by atoms with Crippen LogP contribution in [0.2, 0.25) is 0 Å². The maximum absolute atomic E-state index is 11.1. The average molecular weight is 587 g/mol. The molecule has 3 N–H and O–H groups in total. The van der Waals surface area contributed by atoms with Gasteiger partial charge in [-0.2, -0.15) is 23.5 Å². The van der Waals surface area contributed by atoms with Crippen LogP contribution in [0.15, 0.2) is 0 Å². The second-order valence-electron chi connectivity index (χ2n) is 8.25. The van der Waals surface area contributed by atoms with E-state index in [2.05, 4.69) is 4.74 Å². The van der Waals surface area contributed by atoms with E-state index in [1.54, 1.807) is 32.5 Å². The van der Waals surface area contributed by atoms with Crippen molar-refractivity contribution in [2.24, 2.45) is 5.92 Å². The fraction of sp³-hybridized carbons (Fsp3) is 0.760. The molecule has 0 bridgehead atoms. The highest BCUT2D eigenvalue weighted by molar-refractivity contribution is 7.98. The molecular formula is C25H46O11S2. The second kappa shape index (κ2) is 28.1. The van der Waals surface area contributed by atoms with Gasteiger partial charge in [-0.25, -0.2) is 9.59 Å². The first-order valence-electron chi connectivity index (χ1n) is 11.9. The molecule has 38 heavy (non-hydrogen) atoms. The number of hydrogen-bond acceptors (Lipinski definition) is 12. The van der Waals surface area contributed by atoms with Crippen molar-refractivity contribution in [2.45, 2.75) is 92.5 Å². The standard InChI is InChI=1S/C9H14O4.C8H16O3S.C5H10O3S.C3H6O/c1-4-8(5-6(2)10)9(12)13-7(3)11;1-6(2)11-8(10)7(9)4-5-12-3;1-9-3-2-4(6)5(7)8;1-3(2)4/h8H,4-5H2,1-3H3;6-7,9H,4-5H2,1-3H3;4,6H,2-3H2,1H3,(H,7,8);1-2H3. The van der Waals surface area contributed by atoms with Gasteiger partial charge in [0.25, 0.3) is 0 Å². The van der Waals surface area contributed by atoms with Crippen molar-refractivity contribution >= 4 is 59.0 Å². The minimum absolute atomic E-state index is 0.0765. The molecule has 0 saturated heterocycles. The van der Waals surface area contributed by atoms with E-state index in [0.717, 1.165) is 5.75 Å². The first-order valence-corrected chi connectivity index (χ1v) is 14.7. The molecule has 11 nitrogen and oxygen atoms in total. The predicted molar refractivity (Wildman–Crippen MR) is 149 cm³/mol. The van der Waals surface area contributed by atoms with E-state index < -0.39 is 42.0 Å². The number of ether oxygens (including phenoxy) is 2. The Balaban J connectivity index is -0.000000215. The van der Waals surface area contributed by atoms with Crippen molar-refractivity contribution in [1.29, 1.82) is 0 Å². The topological polar surface area (TPSA) is 182 Å². The molecule has 0 fully saturated rings. The number of esters is 3. The summed E-state index contributed by atoms with van der Waals surface area (Å²) in [5.74, 6) is -1.82. The lowest BCUT2D eigenvalue weighted by Gasteiger charge is -2.11. The number of carboxylic acids is 1. The molecule has 3 unspecified atom stereocenters. The maximum Gasteiger partial charge on any atom is 0.335 e. The highest BCUT2D eigenvalue weighted by Gasteiger charge is 2.21. The zero-order valence-electron chi connectivity index (χ0n) is 24.0. The summed E-state index contributed by atoms with van der Waals surface area (Å²) in [5.41, 5.74) is 0. The van der Waals surface area contributed by atoms with Gasteiger partial charge in [0, 0.05) is 13.3 Å². The third-order valence-corrected chi connectivity index (χ3v) is 4.99. The van der Waals surface area contributed by atoms with E-state index in [4.69, 9.17) is 14.9 Å². The predicted octanol–water partition coefficient (Wildman–Crippen LogP) is 2.91. The molecule has 0 saturated carbocycles. The van der Waals surface area contributed by atoms with Gasteiger partial charge in [0.05, 0.1) is 12.0 Å². The number of carbonyl (C=O) groups is 6. The van der Waals surface area contributed by atoms with Gasteiger partial charge in [-0.1, -0.05) is 6.92 Å².